The monoisotopic (exact) mass is 335 g/mol. The second-order valence-electron chi connectivity index (χ2n) is 4.93. The Morgan fingerprint density at radius 3 is 2.87 bits per heavy atom. The summed E-state index contributed by atoms with van der Waals surface area (Å²) in [7, 11) is 1.57. The average molecular weight is 335 g/mol. The number of hydrogen-bond acceptors (Lipinski definition) is 5. The Morgan fingerprint density at radius 1 is 1.43 bits per heavy atom. The van der Waals surface area contributed by atoms with Crippen LogP contribution >= 0.6 is 11.8 Å². The van der Waals surface area contributed by atoms with Crippen molar-refractivity contribution in [2.45, 2.75) is 25.5 Å². The van der Waals surface area contributed by atoms with E-state index in [2.05, 4.69) is 10.3 Å². The van der Waals surface area contributed by atoms with Crippen LogP contribution in [0.25, 0.3) is 0 Å². The lowest BCUT2D eigenvalue weighted by Crippen LogP contribution is -2.33. The third kappa shape index (κ3) is 4.25. The van der Waals surface area contributed by atoms with Gasteiger partial charge >= 0.3 is 0 Å². The van der Waals surface area contributed by atoms with Gasteiger partial charge in [-0.05, 0) is 26.0 Å². The van der Waals surface area contributed by atoms with E-state index >= 15 is 0 Å². The molecule has 6 nitrogen and oxygen atoms in total. The Balaban J connectivity index is 2.00. The lowest BCUT2D eigenvalue weighted by atomic mass is 10.2. The second kappa shape index (κ2) is 8.01. The van der Waals surface area contributed by atoms with Crippen LogP contribution in [0.2, 0.25) is 0 Å². The maximum Gasteiger partial charge on any atom is 0.242 e. The predicted molar refractivity (Wildman–Crippen MR) is 93.0 cm³/mol. The van der Waals surface area contributed by atoms with Gasteiger partial charge in [0.05, 0.1) is 7.11 Å². The van der Waals surface area contributed by atoms with Gasteiger partial charge in [-0.2, -0.15) is 0 Å². The number of benzene rings is 1. The van der Waals surface area contributed by atoms with Crippen molar-refractivity contribution in [1.29, 1.82) is 0 Å². The summed E-state index contributed by atoms with van der Waals surface area (Å²) in [6.45, 7) is 5.02. The number of nitrogens with zero attached hydrogens (tertiary/aromatic N) is 2. The standard InChI is InChI=1S/C16H21N3O3S/c1-4-17-16-19(5-2)15(21)13(23-16)10-14(20)18-11-7-6-8-12(9-11)22-3/h6-9,13H,4-5,10H2,1-3H3,(H,18,20)/t13-/m1/s1. The third-order valence-electron chi connectivity index (χ3n) is 3.35. The minimum atomic E-state index is -0.411. The van der Waals surface area contributed by atoms with Gasteiger partial charge in [0.2, 0.25) is 11.8 Å². The van der Waals surface area contributed by atoms with Crippen LogP contribution in [0.15, 0.2) is 29.3 Å². The molecule has 0 unspecified atom stereocenters. The summed E-state index contributed by atoms with van der Waals surface area (Å²) >= 11 is 1.36. The Bertz CT molecular complexity index is 618. The van der Waals surface area contributed by atoms with Crippen molar-refractivity contribution in [2.75, 3.05) is 25.5 Å². The van der Waals surface area contributed by atoms with E-state index in [1.54, 1.807) is 36.3 Å². The second-order valence-corrected chi connectivity index (χ2v) is 6.10. The third-order valence-corrected chi connectivity index (χ3v) is 4.57. The van der Waals surface area contributed by atoms with Gasteiger partial charge < -0.3 is 10.1 Å². The summed E-state index contributed by atoms with van der Waals surface area (Å²) in [5, 5.41) is 3.10. The van der Waals surface area contributed by atoms with E-state index in [0.717, 1.165) is 0 Å². The van der Waals surface area contributed by atoms with Gasteiger partial charge in [0.15, 0.2) is 5.17 Å². The number of rotatable bonds is 6. The summed E-state index contributed by atoms with van der Waals surface area (Å²) in [6.07, 6.45) is 0.125. The van der Waals surface area contributed by atoms with Crippen LogP contribution in [-0.2, 0) is 9.59 Å². The minimum Gasteiger partial charge on any atom is -0.497 e. The summed E-state index contributed by atoms with van der Waals surface area (Å²) in [5.41, 5.74) is 0.652. The van der Waals surface area contributed by atoms with E-state index in [1.165, 1.54) is 11.8 Å². The molecule has 1 N–H and O–H groups in total. The summed E-state index contributed by atoms with van der Waals surface area (Å²) in [6, 6.07) is 7.13. The fourth-order valence-electron chi connectivity index (χ4n) is 2.27. The highest BCUT2D eigenvalue weighted by Crippen LogP contribution is 2.29. The van der Waals surface area contributed by atoms with Crippen molar-refractivity contribution in [1.82, 2.24) is 4.90 Å². The predicted octanol–water partition coefficient (Wildman–Crippen LogP) is 2.36. The van der Waals surface area contributed by atoms with Crippen LogP contribution in [0, 0.1) is 0 Å². The highest BCUT2D eigenvalue weighted by molar-refractivity contribution is 8.15. The Labute approximate surface area is 140 Å². The van der Waals surface area contributed by atoms with Crippen molar-refractivity contribution in [3.63, 3.8) is 0 Å². The van der Waals surface area contributed by atoms with Gasteiger partial charge in [-0.15, -0.1) is 0 Å². The molecule has 1 heterocycles. The number of amidine groups is 1. The highest BCUT2D eigenvalue weighted by atomic mass is 32.2. The number of methoxy groups -OCH3 is 1. The first-order valence-corrected chi connectivity index (χ1v) is 8.43. The largest absolute Gasteiger partial charge is 0.497 e. The van der Waals surface area contributed by atoms with Crippen molar-refractivity contribution in [3.8, 4) is 5.75 Å². The van der Waals surface area contributed by atoms with Crippen LogP contribution < -0.4 is 10.1 Å². The van der Waals surface area contributed by atoms with E-state index in [-0.39, 0.29) is 18.2 Å². The molecule has 0 radical (unpaired) electrons. The number of thioether (sulfide) groups is 1. The van der Waals surface area contributed by atoms with Gasteiger partial charge in [-0.25, -0.2) is 0 Å². The zero-order chi connectivity index (χ0) is 16.8. The van der Waals surface area contributed by atoms with Crippen LogP contribution in [0.4, 0.5) is 5.69 Å². The number of anilines is 1. The zero-order valence-corrected chi connectivity index (χ0v) is 14.4. The quantitative estimate of drug-likeness (QED) is 0.866. The number of ether oxygens (including phenoxy) is 1. The average Bonchev–Trinajstić information content (AvgIpc) is 2.83. The number of hydrogen-bond donors (Lipinski definition) is 1. The van der Waals surface area contributed by atoms with Crippen molar-refractivity contribution >= 4 is 34.4 Å². The van der Waals surface area contributed by atoms with Gasteiger partial charge in [-0.1, -0.05) is 17.8 Å². The molecule has 1 aliphatic heterocycles. The first-order chi connectivity index (χ1) is 11.1. The van der Waals surface area contributed by atoms with Gasteiger partial charge in [-0.3, -0.25) is 19.5 Å². The maximum absolute atomic E-state index is 12.3. The number of carbonyl (C=O) groups is 2. The molecule has 1 saturated heterocycles. The van der Waals surface area contributed by atoms with Gasteiger partial charge in [0.25, 0.3) is 0 Å². The molecule has 1 aliphatic rings. The Hall–Kier alpha value is -2.02. The van der Waals surface area contributed by atoms with Crippen molar-refractivity contribution in [2.24, 2.45) is 4.99 Å². The number of carbonyl (C=O) groups excluding carboxylic acids is 2. The molecule has 1 fully saturated rings. The molecule has 0 bridgehead atoms. The Kier molecular flexibility index (Phi) is 6.04. The molecule has 1 aromatic rings. The normalized spacial score (nSPS) is 19.3. The van der Waals surface area contributed by atoms with Gasteiger partial charge in [0, 0.05) is 31.3 Å². The molecule has 0 aliphatic carbocycles. The number of nitrogens with one attached hydrogen (secondary N) is 1. The summed E-state index contributed by atoms with van der Waals surface area (Å²) < 4.78 is 5.12. The smallest absolute Gasteiger partial charge is 0.242 e. The van der Waals surface area contributed by atoms with Gasteiger partial charge in [0.1, 0.15) is 11.0 Å². The van der Waals surface area contributed by atoms with E-state index in [4.69, 9.17) is 4.74 Å². The molecule has 1 aromatic carbocycles. The first-order valence-electron chi connectivity index (χ1n) is 7.55. The molecule has 2 rings (SSSR count). The molecule has 7 heteroatoms. The lowest BCUT2D eigenvalue weighted by molar-refractivity contribution is -0.128. The Morgan fingerprint density at radius 2 is 2.22 bits per heavy atom. The fraction of sp³-hybridized carbons (Fsp3) is 0.438. The molecule has 0 spiro atoms. The molecular weight excluding hydrogens is 314 g/mol. The zero-order valence-electron chi connectivity index (χ0n) is 13.5. The molecule has 0 saturated carbocycles. The molecule has 1 atom stereocenters. The number of aliphatic imine (C=N–C) groups is 1. The molecular formula is C16H21N3O3S. The molecule has 124 valence electrons. The SMILES string of the molecule is CCN=C1S[C@H](CC(=O)Nc2cccc(OC)c2)C(=O)N1CC. The minimum absolute atomic E-state index is 0.0505. The topological polar surface area (TPSA) is 71.0 Å². The van der Waals surface area contributed by atoms with E-state index in [0.29, 0.717) is 29.7 Å². The van der Waals surface area contributed by atoms with Crippen molar-refractivity contribution < 1.29 is 14.3 Å². The van der Waals surface area contributed by atoms with Crippen LogP contribution in [0.1, 0.15) is 20.3 Å². The van der Waals surface area contributed by atoms with E-state index < -0.39 is 5.25 Å². The maximum atomic E-state index is 12.3. The number of amides is 2. The van der Waals surface area contributed by atoms with Crippen molar-refractivity contribution in [3.05, 3.63) is 24.3 Å². The molecule has 0 aromatic heterocycles. The lowest BCUT2D eigenvalue weighted by Gasteiger charge is -2.13. The molecule has 23 heavy (non-hydrogen) atoms. The summed E-state index contributed by atoms with van der Waals surface area (Å²) in [5.74, 6) is 0.423. The van der Waals surface area contributed by atoms with Crippen LogP contribution in [0.3, 0.4) is 0 Å². The highest BCUT2D eigenvalue weighted by Gasteiger charge is 2.37. The fourth-order valence-corrected chi connectivity index (χ4v) is 3.54. The van der Waals surface area contributed by atoms with E-state index in [9.17, 15) is 9.59 Å². The first kappa shape index (κ1) is 17.3. The summed E-state index contributed by atoms with van der Waals surface area (Å²) in [4.78, 5) is 30.5. The molecule has 2 amide bonds. The van der Waals surface area contributed by atoms with Crippen LogP contribution in [-0.4, -0.2) is 47.3 Å². The van der Waals surface area contributed by atoms with E-state index in [1.807, 2.05) is 13.8 Å². The van der Waals surface area contributed by atoms with Crippen LogP contribution in [0.5, 0.6) is 5.75 Å².